The van der Waals surface area contributed by atoms with Gasteiger partial charge in [-0.1, -0.05) is 164 Å². The second-order valence-electron chi connectivity index (χ2n) is 12.2. The molecule has 2 nitrogen and oxygen atoms in total. The minimum absolute atomic E-state index is 0.705. The molecule has 0 saturated carbocycles. The van der Waals surface area contributed by atoms with Crippen LogP contribution in [0.2, 0.25) is 0 Å². The number of benzene rings is 8. The molecule has 0 bridgehead atoms. The number of hydrogen-bond donors (Lipinski definition) is 0. The molecule has 0 aliphatic carbocycles. The van der Waals surface area contributed by atoms with Crippen molar-refractivity contribution in [2.45, 2.75) is 0 Å². The third kappa shape index (κ3) is 4.92. The molecule has 9 rings (SSSR count). The highest BCUT2D eigenvalue weighted by Crippen LogP contribution is 2.43. The van der Waals surface area contributed by atoms with Gasteiger partial charge in [0, 0.05) is 16.7 Å². The van der Waals surface area contributed by atoms with Crippen molar-refractivity contribution in [2.24, 2.45) is 0 Å². The summed E-state index contributed by atoms with van der Waals surface area (Å²) in [5, 5.41) is 7.42. The Bertz CT molecular complexity index is 2610. The zero-order chi connectivity index (χ0) is 31.9. The fourth-order valence-electron chi connectivity index (χ4n) is 6.97. The summed E-state index contributed by atoms with van der Waals surface area (Å²) < 4.78 is 0. The molecule has 0 aliphatic heterocycles. The van der Waals surface area contributed by atoms with Gasteiger partial charge in [-0.2, -0.15) is 0 Å². The average molecular weight is 611 g/mol. The van der Waals surface area contributed by atoms with Gasteiger partial charge in [-0.3, -0.25) is 0 Å². The van der Waals surface area contributed by atoms with Gasteiger partial charge in [0.25, 0.3) is 0 Å². The zero-order valence-corrected chi connectivity index (χ0v) is 26.2. The van der Waals surface area contributed by atoms with Crippen LogP contribution in [0.4, 0.5) is 0 Å². The summed E-state index contributed by atoms with van der Waals surface area (Å²) in [7, 11) is 0. The second-order valence-corrected chi connectivity index (χ2v) is 12.2. The molecule has 0 fully saturated rings. The summed E-state index contributed by atoms with van der Waals surface area (Å²) in [6.45, 7) is 0. The molecule has 1 aromatic heterocycles. The van der Waals surface area contributed by atoms with E-state index in [1.54, 1.807) is 0 Å². The normalized spacial score (nSPS) is 11.3. The minimum atomic E-state index is 0.705. The van der Waals surface area contributed by atoms with Crippen molar-refractivity contribution >= 4 is 32.3 Å². The van der Waals surface area contributed by atoms with Crippen molar-refractivity contribution in [2.75, 3.05) is 0 Å². The third-order valence-electron chi connectivity index (χ3n) is 9.27. The Labute approximate surface area is 279 Å². The molecule has 0 radical (unpaired) electrons. The monoisotopic (exact) mass is 610 g/mol. The summed E-state index contributed by atoms with van der Waals surface area (Å²) in [4.78, 5) is 10.4. The highest BCUT2D eigenvalue weighted by atomic mass is 14.9. The predicted molar refractivity (Wildman–Crippen MR) is 202 cm³/mol. The van der Waals surface area contributed by atoms with Gasteiger partial charge in [-0.05, 0) is 72.8 Å². The molecule has 0 unspecified atom stereocenters. The Balaban J connectivity index is 1.31. The van der Waals surface area contributed by atoms with Gasteiger partial charge in [0.15, 0.2) is 5.82 Å². The molecule has 2 heteroatoms. The highest BCUT2D eigenvalue weighted by Gasteiger charge is 2.18. The van der Waals surface area contributed by atoms with Crippen molar-refractivity contribution in [1.82, 2.24) is 9.97 Å². The van der Waals surface area contributed by atoms with Crippen LogP contribution in [0.1, 0.15) is 0 Å². The van der Waals surface area contributed by atoms with Crippen LogP contribution in [0.3, 0.4) is 0 Å². The Morgan fingerprint density at radius 1 is 0.292 bits per heavy atom. The van der Waals surface area contributed by atoms with Gasteiger partial charge in [0.1, 0.15) is 0 Å². The summed E-state index contributed by atoms with van der Waals surface area (Å²) in [5.41, 5.74) is 9.59. The lowest BCUT2D eigenvalue weighted by molar-refractivity contribution is 1.18. The molecule has 9 aromatic rings. The first kappa shape index (κ1) is 27.9. The van der Waals surface area contributed by atoms with Gasteiger partial charge in [0.2, 0.25) is 0 Å². The van der Waals surface area contributed by atoms with Crippen LogP contribution in [0.5, 0.6) is 0 Å². The van der Waals surface area contributed by atoms with E-state index in [1.807, 2.05) is 18.2 Å². The van der Waals surface area contributed by atoms with Crippen LogP contribution in [-0.2, 0) is 0 Å². The maximum absolute atomic E-state index is 5.27. The van der Waals surface area contributed by atoms with Crippen LogP contribution in [0.15, 0.2) is 182 Å². The zero-order valence-electron chi connectivity index (χ0n) is 26.2. The number of aromatic nitrogens is 2. The van der Waals surface area contributed by atoms with Crippen LogP contribution in [0, 0.1) is 0 Å². The van der Waals surface area contributed by atoms with Gasteiger partial charge < -0.3 is 0 Å². The molecule has 1 heterocycles. The molecular formula is C46H30N2. The van der Waals surface area contributed by atoms with Gasteiger partial charge in [0.05, 0.1) is 11.4 Å². The largest absolute Gasteiger partial charge is 0.228 e. The van der Waals surface area contributed by atoms with Gasteiger partial charge in [-0.15, -0.1) is 0 Å². The summed E-state index contributed by atoms with van der Waals surface area (Å²) in [6.07, 6.45) is 0. The number of fused-ring (bicyclic) bond motifs is 4. The van der Waals surface area contributed by atoms with Crippen molar-refractivity contribution in [3.8, 4) is 56.2 Å². The highest BCUT2D eigenvalue weighted by molar-refractivity contribution is 6.21. The molecular weight excluding hydrogens is 581 g/mol. The summed E-state index contributed by atoms with van der Waals surface area (Å²) in [6, 6.07) is 64.5. The van der Waals surface area contributed by atoms with Crippen LogP contribution in [0.25, 0.3) is 88.5 Å². The Kier molecular flexibility index (Phi) is 6.84. The van der Waals surface area contributed by atoms with Crippen molar-refractivity contribution < 1.29 is 0 Å². The Morgan fingerprint density at radius 3 is 1.71 bits per heavy atom. The number of hydrogen-bond acceptors (Lipinski definition) is 2. The first-order chi connectivity index (χ1) is 23.8. The van der Waals surface area contributed by atoms with Crippen LogP contribution < -0.4 is 0 Å². The fourth-order valence-corrected chi connectivity index (χ4v) is 6.97. The lowest BCUT2D eigenvalue weighted by Crippen LogP contribution is -1.97. The average Bonchev–Trinajstić information content (AvgIpc) is 3.17. The van der Waals surface area contributed by atoms with Crippen molar-refractivity contribution in [1.29, 1.82) is 0 Å². The second kappa shape index (κ2) is 11.8. The van der Waals surface area contributed by atoms with Crippen LogP contribution in [-0.4, -0.2) is 9.97 Å². The van der Waals surface area contributed by atoms with E-state index in [9.17, 15) is 0 Å². The third-order valence-corrected chi connectivity index (χ3v) is 9.27. The molecule has 0 N–H and O–H groups in total. The quantitative estimate of drug-likeness (QED) is 0.143. The summed E-state index contributed by atoms with van der Waals surface area (Å²) in [5.74, 6) is 0.705. The SMILES string of the molecule is c1ccc(-c2cccc(-c3cc(-c4ccccc4-c4c5ccccc5cc5c4ccc4ccccc45)nc(-c4ccccc4)n3)c2)cc1. The van der Waals surface area contributed by atoms with E-state index in [4.69, 9.17) is 9.97 Å². The maximum atomic E-state index is 5.27. The van der Waals surface area contributed by atoms with Gasteiger partial charge >= 0.3 is 0 Å². The van der Waals surface area contributed by atoms with E-state index in [0.717, 1.165) is 39.2 Å². The fraction of sp³-hybridized carbons (Fsp3) is 0. The lowest BCUT2D eigenvalue weighted by Gasteiger charge is -2.17. The van der Waals surface area contributed by atoms with Gasteiger partial charge in [-0.25, -0.2) is 9.97 Å². The molecule has 48 heavy (non-hydrogen) atoms. The first-order valence-corrected chi connectivity index (χ1v) is 16.3. The Hall–Kier alpha value is -6.38. The van der Waals surface area contributed by atoms with E-state index < -0.39 is 0 Å². The maximum Gasteiger partial charge on any atom is 0.160 e. The lowest BCUT2D eigenvalue weighted by atomic mass is 9.87. The van der Waals surface area contributed by atoms with E-state index in [1.165, 1.54) is 43.4 Å². The van der Waals surface area contributed by atoms with E-state index >= 15 is 0 Å². The predicted octanol–water partition coefficient (Wildman–Crippen LogP) is 12.3. The standard InChI is InChI=1S/C46H30N2/c1-3-14-31(15-4-1)34-20-13-21-36(28-34)43-30-44(48-46(47-43)33-17-5-2-6-18-33)39-24-11-12-25-40(39)45-38-23-10-8-19-35(38)29-42-37-22-9-7-16-32(37)26-27-41(42)45/h1-30H. The number of rotatable bonds is 5. The smallest absolute Gasteiger partial charge is 0.160 e. The first-order valence-electron chi connectivity index (χ1n) is 16.3. The van der Waals surface area contributed by atoms with E-state index in [0.29, 0.717) is 5.82 Å². The molecule has 224 valence electrons. The molecule has 0 atom stereocenters. The van der Waals surface area contributed by atoms with E-state index in [2.05, 4.69) is 164 Å². The van der Waals surface area contributed by atoms with Crippen LogP contribution >= 0.6 is 0 Å². The molecule has 0 amide bonds. The molecule has 0 spiro atoms. The minimum Gasteiger partial charge on any atom is -0.228 e. The van der Waals surface area contributed by atoms with E-state index in [-0.39, 0.29) is 0 Å². The van der Waals surface area contributed by atoms with Crippen molar-refractivity contribution in [3.63, 3.8) is 0 Å². The molecule has 0 aliphatic rings. The molecule has 0 saturated heterocycles. The Morgan fingerprint density at radius 2 is 0.896 bits per heavy atom. The number of nitrogens with zero attached hydrogens (tertiary/aromatic N) is 2. The molecule has 8 aromatic carbocycles. The summed E-state index contributed by atoms with van der Waals surface area (Å²) >= 11 is 0. The topological polar surface area (TPSA) is 25.8 Å². The van der Waals surface area contributed by atoms with Crippen molar-refractivity contribution in [3.05, 3.63) is 182 Å².